The van der Waals surface area contributed by atoms with E-state index in [1.807, 2.05) is 19.9 Å². The van der Waals surface area contributed by atoms with Crippen molar-refractivity contribution in [2.75, 3.05) is 14.2 Å². The Balaban J connectivity index is 2.07. The summed E-state index contributed by atoms with van der Waals surface area (Å²) in [5.41, 5.74) is 1.71. The molecule has 0 spiro atoms. The van der Waals surface area contributed by atoms with E-state index in [1.54, 1.807) is 24.3 Å². The van der Waals surface area contributed by atoms with Gasteiger partial charge in [0.1, 0.15) is 17.6 Å². The van der Waals surface area contributed by atoms with E-state index in [0.29, 0.717) is 17.9 Å². The average Bonchev–Trinajstić information content (AvgIpc) is 3.19. The average molecular weight is 382 g/mol. The van der Waals surface area contributed by atoms with Crippen LogP contribution in [-0.2, 0) is 0 Å². The van der Waals surface area contributed by atoms with Crippen LogP contribution in [0.3, 0.4) is 0 Å². The number of carbonyl (C=O) groups excluding carboxylic acids is 2. The van der Waals surface area contributed by atoms with Gasteiger partial charge in [0, 0.05) is 18.1 Å². The number of Topliss-reactive ketones (excluding diaryl/α,β-unsaturated/α-hetero) is 1. The molecule has 28 heavy (non-hydrogen) atoms. The van der Waals surface area contributed by atoms with Crippen LogP contribution in [0.2, 0.25) is 0 Å². The number of hydrogen-bond acceptors (Lipinski definition) is 6. The molecule has 1 aliphatic carbocycles. The van der Waals surface area contributed by atoms with Crippen LogP contribution in [0.5, 0.6) is 17.4 Å². The molecule has 0 radical (unpaired) electrons. The van der Waals surface area contributed by atoms with E-state index in [2.05, 4.69) is 0 Å². The van der Waals surface area contributed by atoms with Crippen molar-refractivity contribution in [2.45, 2.75) is 26.4 Å². The van der Waals surface area contributed by atoms with Gasteiger partial charge in [0.15, 0.2) is 11.6 Å². The maximum absolute atomic E-state index is 13.3. The molecule has 0 saturated heterocycles. The summed E-state index contributed by atoms with van der Waals surface area (Å²) in [5, 5.41) is 0. The summed E-state index contributed by atoms with van der Waals surface area (Å²) in [5.74, 6) is 0.266. The van der Waals surface area contributed by atoms with E-state index in [9.17, 15) is 9.59 Å². The Labute approximate surface area is 163 Å². The summed E-state index contributed by atoms with van der Waals surface area (Å²) >= 11 is 0. The SMILES string of the molecule is COc1ccc(OC)c2c1C(=O)C=C([C@@H](CC=C(C)C)Oc1ccco1)C2=O. The number of ketones is 2. The Morgan fingerprint density at radius 3 is 2.32 bits per heavy atom. The summed E-state index contributed by atoms with van der Waals surface area (Å²) in [6.45, 7) is 3.91. The van der Waals surface area contributed by atoms with Crippen molar-refractivity contribution in [3.05, 3.63) is 65.0 Å². The number of allylic oxidation sites excluding steroid dienone is 2. The highest BCUT2D eigenvalue weighted by Crippen LogP contribution is 2.37. The third-order valence-corrected chi connectivity index (χ3v) is 4.43. The number of rotatable bonds is 7. The van der Waals surface area contributed by atoms with Crippen LogP contribution in [0.25, 0.3) is 0 Å². The third kappa shape index (κ3) is 3.71. The van der Waals surface area contributed by atoms with Crippen LogP contribution < -0.4 is 14.2 Å². The molecule has 1 heterocycles. The molecule has 0 bridgehead atoms. The lowest BCUT2D eigenvalue weighted by Crippen LogP contribution is -2.29. The number of carbonyl (C=O) groups is 2. The first-order valence-electron chi connectivity index (χ1n) is 8.85. The number of methoxy groups -OCH3 is 2. The maximum atomic E-state index is 13.3. The molecule has 0 N–H and O–H groups in total. The molecule has 3 rings (SSSR count). The van der Waals surface area contributed by atoms with Gasteiger partial charge >= 0.3 is 0 Å². The molecule has 6 heteroatoms. The number of ether oxygens (including phenoxy) is 3. The minimum absolute atomic E-state index is 0.189. The summed E-state index contributed by atoms with van der Waals surface area (Å²) in [7, 11) is 2.91. The van der Waals surface area contributed by atoms with E-state index >= 15 is 0 Å². The van der Waals surface area contributed by atoms with E-state index in [4.69, 9.17) is 18.6 Å². The Morgan fingerprint density at radius 2 is 1.75 bits per heavy atom. The summed E-state index contributed by atoms with van der Waals surface area (Å²) in [4.78, 5) is 26.2. The monoisotopic (exact) mass is 382 g/mol. The first-order valence-corrected chi connectivity index (χ1v) is 8.85. The quantitative estimate of drug-likeness (QED) is 0.661. The fraction of sp³-hybridized carbons (Fsp3) is 0.273. The molecule has 0 unspecified atom stereocenters. The number of benzene rings is 1. The Morgan fingerprint density at radius 1 is 1.07 bits per heavy atom. The number of furan rings is 1. The second kappa shape index (κ2) is 8.17. The molecule has 1 aromatic carbocycles. The van der Waals surface area contributed by atoms with Gasteiger partial charge in [-0.15, -0.1) is 0 Å². The molecule has 1 atom stereocenters. The molecule has 1 aliphatic rings. The molecule has 0 saturated carbocycles. The topological polar surface area (TPSA) is 75.0 Å². The highest BCUT2D eigenvalue weighted by Gasteiger charge is 2.36. The van der Waals surface area contributed by atoms with Gasteiger partial charge in [-0.25, -0.2) is 0 Å². The second-order valence-corrected chi connectivity index (χ2v) is 6.57. The van der Waals surface area contributed by atoms with Crippen LogP contribution in [0.1, 0.15) is 41.0 Å². The molecular formula is C22H22O6. The lowest BCUT2D eigenvalue weighted by Gasteiger charge is -2.24. The molecule has 1 aromatic heterocycles. The Bertz CT molecular complexity index is 946. The lowest BCUT2D eigenvalue weighted by molar-refractivity contribution is 0.0940. The lowest BCUT2D eigenvalue weighted by atomic mass is 9.85. The van der Waals surface area contributed by atoms with Gasteiger partial charge in [0.05, 0.1) is 31.6 Å². The smallest absolute Gasteiger partial charge is 0.284 e. The van der Waals surface area contributed by atoms with Crippen molar-refractivity contribution >= 4 is 11.6 Å². The van der Waals surface area contributed by atoms with Crippen molar-refractivity contribution in [3.63, 3.8) is 0 Å². The highest BCUT2D eigenvalue weighted by atomic mass is 16.6. The minimum atomic E-state index is -0.679. The normalized spacial score (nSPS) is 14.1. The first kappa shape index (κ1) is 19.5. The van der Waals surface area contributed by atoms with Crippen molar-refractivity contribution < 1.29 is 28.2 Å². The van der Waals surface area contributed by atoms with Gasteiger partial charge in [-0.2, -0.15) is 0 Å². The molecule has 6 nitrogen and oxygen atoms in total. The van der Waals surface area contributed by atoms with Crippen LogP contribution >= 0.6 is 0 Å². The summed E-state index contributed by atoms with van der Waals surface area (Å²) < 4.78 is 21.8. The van der Waals surface area contributed by atoms with E-state index in [0.717, 1.165) is 5.57 Å². The van der Waals surface area contributed by atoms with Gasteiger partial charge in [0.25, 0.3) is 5.95 Å². The third-order valence-electron chi connectivity index (χ3n) is 4.43. The highest BCUT2D eigenvalue weighted by molar-refractivity contribution is 6.27. The van der Waals surface area contributed by atoms with Crippen LogP contribution in [0.15, 0.2) is 58.2 Å². The van der Waals surface area contributed by atoms with E-state index < -0.39 is 6.10 Å². The summed E-state index contributed by atoms with van der Waals surface area (Å²) in [6, 6.07) is 6.58. The standard InChI is InChI=1S/C22H22O6/c1-13(2)7-8-16(28-19-6-5-11-27-19)14-12-15(23)20-17(25-3)9-10-18(26-4)21(20)22(14)24/h5-7,9-12,16H,8H2,1-4H3/t16-/m1/s1. The molecular weight excluding hydrogens is 360 g/mol. The predicted molar refractivity (Wildman–Crippen MR) is 103 cm³/mol. The zero-order valence-electron chi connectivity index (χ0n) is 16.3. The minimum Gasteiger partial charge on any atom is -0.496 e. The molecule has 0 aliphatic heterocycles. The first-order chi connectivity index (χ1) is 13.5. The zero-order valence-corrected chi connectivity index (χ0v) is 16.3. The van der Waals surface area contributed by atoms with E-state index in [-0.39, 0.29) is 34.2 Å². The molecule has 2 aromatic rings. The zero-order chi connectivity index (χ0) is 20.3. The largest absolute Gasteiger partial charge is 0.496 e. The van der Waals surface area contributed by atoms with Crippen LogP contribution in [0, 0.1) is 0 Å². The van der Waals surface area contributed by atoms with Crippen molar-refractivity contribution in [2.24, 2.45) is 0 Å². The fourth-order valence-electron chi connectivity index (χ4n) is 3.09. The van der Waals surface area contributed by atoms with Crippen molar-refractivity contribution in [1.29, 1.82) is 0 Å². The van der Waals surface area contributed by atoms with Crippen molar-refractivity contribution in [3.8, 4) is 17.4 Å². The number of hydrogen-bond donors (Lipinski definition) is 0. The second-order valence-electron chi connectivity index (χ2n) is 6.57. The predicted octanol–water partition coefficient (Wildman–Crippen LogP) is 4.41. The molecule has 0 amide bonds. The number of fused-ring (bicyclic) bond motifs is 1. The Kier molecular flexibility index (Phi) is 5.68. The van der Waals surface area contributed by atoms with Gasteiger partial charge in [0.2, 0.25) is 0 Å². The molecule has 146 valence electrons. The van der Waals surface area contributed by atoms with Crippen molar-refractivity contribution in [1.82, 2.24) is 0 Å². The van der Waals surface area contributed by atoms with Gasteiger partial charge in [-0.1, -0.05) is 11.6 Å². The fourth-order valence-corrected chi connectivity index (χ4v) is 3.09. The van der Waals surface area contributed by atoms with Gasteiger partial charge in [-0.05, 0) is 38.1 Å². The van der Waals surface area contributed by atoms with E-state index in [1.165, 1.54) is 26.6 Å². The van der Waals surface area contributed by atoms with Crippen LogP contribution in [-0.4, -0.2) is 31.9 Å². The van der Waals surface area contributed by atoms with Crippen LogP contribution in [0.4, 0.5) is 0 Å². The molecule has 0 fully saturated rings. The van der Waals surface area contributed by atoms with Gasteiger partial charge < -0.3 is 18.6 Å². The summed E-state index contributed by atoms with van der Waals surface area (Å²) in [6.07, 6.45) is 4.49. The van der Waals surface area contributed by atoms with Gasteiger partial charge in [-0.3, -0.25) is 9.59 Å². The maximum Gasteiger partial charge on any atom is 0.284 e. The Hall–Kier alpha value is -3.28.